The normalized spacial score (nSPS) is 11.7. The largest absolute Gasteiger partial charge is 0.477 e. The molecule has 0 saturated heterocycles. The van der Waals surface area contributed by atoms with Gasteiger partial charge < -0.3 is 10.1 Å². The van der Waals surface area contributed by atoms with Gasteiger partial charge in [-0.3, -0.25) is 14.9 Å². The quantitative estimate of drug-likeness (QED) is 0.570. The molecule has 0 spiro atoms. The molecule has 0 aromatic heterocycles. The first kappa shape index (κ1) is 21.2. The summed E-state index contributed by atoms with van der Waals surface area (Å²) in [5.74, 6) is -1.22. The number of alkyl halides is 3. The first-order chi connectivity index (χ1) is 12.9. The lowest BCUT2D eigenvalue weighted by molar-refractivity contribution is -0.386. The van der Waals surface area contributed by atoms with Gasteiger partial charge in [-0.2, -0.15) is 13.2 Å². The highest BCUT2D eigenvalue weighted by atomic mass is 32.2. The van der Waals surface area contributed by atoms with Crippen molar-refractivity contribution >= 4 is 27.1 Å². The minimum Gasteiger partial charge on any atom is -0.477 e. The maximum Gasteiger partial charge on any atom is 0.416 e. The van der Waals surface area contributed by atoms with Crippen LogP contribution in [0.5, 0.6) is 5.75 Å². The minimum atomic E-state index is -4.58. The summed E-state index contributed by atoms with van der Waals surface area (Å²) in [6.07, 6.45) is -3.71. The monoisotopic (exact) mass is 418 g/mol. The highest BCUT2D eigenvalue weighted by Gasteiger charge is 2.30. The van der Waals surface area contributed by atoms with E-state index in [1.807, 2.05) is 0 Å². The Morgan fingerprint density at radius 3 is 2.46 bits per heavy atom. The number of nitrogens with zero attached hydrogens (tertiary/aromatic N) is 1. The fourth-order valence-electron chi connectivity index (χ4n) is 2.11. The van der Waals surface area contributed by atoms with E-state index in [9.17, 15) is 36.5 Å². The molecular weight excluding hydrogens is 405 g/mol. The number of halogens is 3. The van der Waals surface area contributed by atoms with E-state index in [0.717, 1.165) is 42.7 Å². The van der Waals surface area contributed by atoms with Crippen molar-refractivity contribution in [3.8, 4) is 5.75 Å². The summed E-state index contributed by atoms with van der Waals surface area (Å²) >= 11 is 0. The molecule has 1 amide bonds. The molecule has 12 heteroatoms. The SMILES string of the molecule is CS(=O)(=O)c1ccc(OCC(=O)Nc2cccc(C(F)(F)F)c2)c([N+](=O)[O-])c1. The van der Waals surface area contributed by atoms with Crippen molar-refractivity contribution in [1.29, 1.82) is 0 Å². The van der Waals surface area contributed by atoms with E-state index < -0.39 is 44.7 Å². The number of nitro benzene ring substituents is 1. The Labute approximate surface area is 157 Å². The number of hydrogen-bond donors (Lipinski definition) is 1. The Bertz CT molecular complexity index is 1020. The van der Waals surface area contributed by atoms with Gasteiger partial charge in [0.25, 0.3) is 5.91 Å². The van der Waals surface area contributed by atoms with Crippen LogP contribution in [0.3, 0.4) is 0 Å². The van der Waals surface area contributed by atoms with Crippen LogP contribution < -0.4 is 10.1 Å². The number of nitrogens with one attached hydrogen (secondary N) is 1. The molecule has 0 radical (unpaired) electrons. The topological polar surface area (TPSA) is 116 Å². The van der Waals surface area contributed by atoms with E-state index in [-0.39, 0.29) is 16.3 Å². The maximum atomic E-state index is 12.7. The molecule has 0 atom stereocenters. The Morgan fingerprint density at radius 1 is 1.21 bits per heavy atom. The van der Waals surface area contributed by atoms with Gasteiger partial charge in [-0.05, 0) is 30.3 Å². The molecular formula is C16H13F3N2O6S. The van der Waals surface area contributed by atoms with Crippen molar-refractivity contribution < 1.29 is 36.0 Å². The molecule has 150 valence electrons. The molecule has 2 aromatic rings. The van der Waals surface area contributed by atoms with Crippen molar-refractivity contribution in [2.75, 3.05) is 18.2 Å². The first-order valence-corrected chi connectivity index (χ1v) is 9.35. The van der Waals surface area contributed by atoms with E-state index >= 15 is 0 Å². The van der Waals surface area contributed by atoms with Gasteiger partial charge in [0.05, 0.1) is 15.4 Å². The number of anilines is 1. The molecule has 0 unspecified atom stereocenters. The van der Waals surface area contributed by atoms with Crippen LogP contribution in [0.15, 0.2) is 47.4 Å². The van der Waals surface area contributed by atoms with Crippen LogP contribution in [-0.2, 0) is 20.8 Å². The van der Waals surface area contributed by atoms with Gasteiger partial charge in [0.15, 0.2) is 22.2 Å². The third-order valence-electron chi connectivity index (χ3n) is 3.39. The highest BCUT2D eigenvalue weighted by molar-refractivity contribution is 7.90. The summed E-state index contributed by atoms with van der Waals surface area (Å²) in [6.45, 7) is -0.741. The number of carbonyl (C=O) groups excluding carboxylic acids is 1. The Balaban J connectivity index is 2.12. The summed E-state index contributed by atoms with van der Waals surface area (Å²) in [6, 6.07) is 6.77. The first-order valence-electron chi connectivity index (χ1n) is 7.46. The number of rotatable bonds is 6. The smallest absolute Gasteiger partial charge is 0.416 e. The molecule has 28 heavy (non-hydrogen) atoms. The lowest BCUT2D eigenvalue weighted by Gasteiger charge is -2.11. The number of ether oxygens (including phenoxy) is 1. The van der Waals surface area contributed by atoms with Crippen LogP contribution >= 0.6 is 0 Å². The summed E-state index contributed by atoms with van der Waals surface area (Å²) in [5.41, 5.74) is -1.77. The fraction of sp³-hybridized carbons (Fsp3) is 0.188. The number of benzene rings is 2. The predicted octanol–water partition coefficient (Wildman–Crippen LogP) is 3.03. The molecule has 2 rings (SSSR count). The highest BCUT2D eigenvalue weighted by Crippen LogP contribution is 2.31. The molecule has 0 aliphatic carbocycles. The number of hydrogen-bond acceptors (Lipinski definition) is 6. The van der Waals surface area contributed by atoms with Crippen molar-refractivity contribution in [3.05, 3.63) is 58.1 Å². The van der Waals surface area contributed by atoms with Gasteiger partial charge in [0.2, 0.25) is 0 Å². The standard InChI is InChI=1S/C16H13F3N2O6S/c1-28(25,26)12-5-6-14(13(8-12)21(23)24)27-9-15(22)20-11-4-2-3-10(7-11)16(17,18)19/h2-8H,9H2,1H3,(H,20,22). The van der Waals surface area contributed by atoms with Gasteiger partial charge in [0.1, 0.15) is 0 Å². The zero-order valence-corrected chi connectivity index (χ0v) is 15.0. The van der Waals surface area contributed by atoms with Gasteiger partial charge in [-0.15, -0.1) is 0 Å². The van der Waals surface area contributed by atoms with Crippen LogP contribution in [0.25, 0.3) is 0 Å². The lowest BCUT2D eigenvalue weighted by Crippen LogP contribution is -2.20. The van der Waals surface area contributed by atoms with Gasteiger partial charge in [0, 0.05) is 18.0 Å². The zero-order valence-electron chi connectivity index (χ0n) is 14.2. The van der Waals surface area contributed by atoms with E-state index in [0.29, 0.717) is 0 Å². The number of amides is 1. The number of nitro groups is 1. The maximum absolute atomic E-state index is 12.7. The van der Waals surface area contributed by atoms with Crippen LogP contribution in [0.2, 0.25) is 0 Å². The molecule has 2 aromatic carbocycles. The molecule has 0 saturated carbocycles. The average molecular weight is 418 g/mol. The molecule has 0 heterocycles. The van der Waals surface area contributed by atoms with E-state index in [2.05, 4.69) is 5.32 Å². The second kappa shape index (κ2) is 7.84. The Kier molecular flexibility index (Phi) is 5.92. The lowest BCUT2D eigenvalue weighted by atomic mass is 10.2. The van der Waals surface area contributed by atoms with Gasteiger partial charge in [-0.25, -0.2) is 8.42 Å². The summed E-state index contributed by atoms with van der Waals surface area (Å²) in [7, 11) is -3.69. The summed E-state index contributed by atoms with van der Waals surface area (Å²) in [4.78, 5) is 21.8. The van der Waals surface area contributed by atoms with E-state index in [4.69, 9.17) is 4.74 Å². The molecule has 0 fully saturated rings. The third kappa shape index (κ3) is 5.42. The molecule has 8 nitrogen and oxygen atoms in total. The van der Waals surface area contributed by atoms with Crippen molar-refractivity contribution in [1.82, 2.24) is 0 Å². The van der Waals surface area contributed by atoms with Crippen LogP contribution in [0.4, 0.5) is 24.5 Å². The fourth-order valence-corrected chi connectivity index (χ4v) is 2.75. The van der Waals surface area contributed by atoms with Crippen molar-refractivity contribution in [3.63, 3.8) is 0 Å². The Morgan fingerprint density at radius 2 is 1.89 bits per heavy atom. The molecule has 0 aliphatic rings. The number of carbonyl (C=O) groups is 1. The molecule has 1 N–H and O–H groups in total. The average Bonchev–Trinajstić information content (AvgIpc) is 2.58. The minimum absolute atomic E-state index is 0.134. The zero-order chi connectivity index (χ0) is 21.1. The third-order valence-corrected chi connectivity index (χ3v) is 4.50. The van der Waals surface area contributed by atoms with Gasteiger partial charge in [-0.1, -0.05) is 6.07 Å². The Hall–Kier alpha value is -3.15. The molecule has 0 aliphatic heterocycles. The van der Waals surface area contributed by atoms with Gasteiger partial charge >= 0.3 is 11.9 Å². The van der Waals surface area contributed by atoms with Crippen molar-refractivity contribution in [2.24, 2.45) is 0 Å². The van der Waals surface area contributed by atoms with Crippen LogP contribution in [0, 0.1) is 10.1 Å². The van der Waals surface area contributed by atoms with Crippen LogP contribution in [0.1, 0.15) is 5.56 Å². The molecule has 0 bridgehead atoms. The van der Waals surface area contributed by atoms with E-state index in [1.165, 1.54) is 6.07 Å². The summed E-state index contributed by atoms with van der Waals surface area (Å²) in [5, 5.41) is 13.3. The second-order valence-corrected chi connectivity index (χ2v) is 7.59. The summed E-state index contributed by atoms with van der Waals surface area (Å²) < 4.78 is 66.0. The van der Waals surface area contributed by atoms with Crippen LogP contribution in [-0.4, -0.2) is 32.1 Å². The predicted molar refractivity (Wildman–Crippen MR) is 91.8 cm³/mol. The van der Waals surface area contributed by atoms with E-state index in [1.54, 1.807) is 0 Å². The second-order valence-electron chi connectivity index (χ2n) is 5.57. The van der Waals surface area contributed by atoms with Crippen molar-refractivity contribution in [2.45, 2.75) is 11.1 Å². The number of sulfone groups is 1.